The zero-order chi connectivity index (χ0) is 15.4. The zero-order valence-corrected chi connectivity index (χ0v) is 13.1. The minimum absolute atomic E-state index is 0.160. The SMILES string of the molecule is CCOC(=O)CCN(C)Cc1cn2c(C)cc(C)nc2n1. The molecule has 0 amide bonds. The maximum absolute atomic E-state index is 11.3. The Hall–Kier alpha value is -1.95. The predicted octanol–water partition coefficient (Wildman–Crippen LogP) is 1.73. The molecule has 0 aliphatic heterocycles. The second kappa shape index (κ2) is 6.67. The molecule has 0 radical (unpaired) electrons. The summed E-state index contributed by atoms with van der Waals surface area (Å²) in [5, 5.41) is 0. The van der Waals surface area contributed by atoms with E-state index in [1.807, 2.05) is 44.5 Å². The number of aryl methyl sites for hydroxylation is 2. The summed E-state index contributed by atoms with van der Waals surface area (Å²) in [5.74, 6) is 0.564. The number of aromatic nitrogens is 3. The van der Waals surface area contributed by atoms with E-state index in [1.54, 1.807) is 0 Å². The second-order valence-corrected chi connectivity index (χ2v) is 5.23. The van der Waals surface area contributed by atoms with Crippen LogP contribution in [0.4, 0.5) is 0 Å². The van der Waals surface area contributed by atoms with Crippen molar-refractivity contribution in [2.24, 2.45) is 0 Å². The first-order valence-electron chi connectivity index (χ1n) is 7.16. The number of nitrogens with zero attached hydrogens (tertiary/aromatic N) is 4. The van der Waals surface area contributed by atoms with Crippen molar-refractivity contribution in [1.82, 2.24) is 19.3 Å². The molecule has 0 fully saturated rings. The molecular formula is C15H22N4O2. The average Bonchev–Trinajstić information content (AvgIpc) is 2.79. The van der Waals surface area contributed by atoms with Gasteiger partial charge >= 0.3 is 5.97 Å². The number of hydrogen-bond donors (Lipinski definition) is 0. The fourth-order valence-corrected chi connectivity index (χ4v) is 2.27. The predicted molar refractivity (Wildman–Crippen MR) is 80.0 cm³/mol. The Morgan fingerprint density at radius 2 is 2.14 bits per heavy atom. The van der Waals surface area contributed by atoms with Gasteiger partial charge in [0, 0.05) is 30.7 Å². The lowest BCUT2D eigenvalue weighted by Gasteiger charge is -2.14. The first-order valence-corrected chi connectivity index (χ1v) is 7.16. The maximum Gasteiger partial charge on any atom is 0.307 e. The number of ether oxygens (including phenoxy) is 1. The molecule has 0 saturated heterocycles. The average molecular weight is 290 g/mol. The lowest BCUT2D eigenvalue weighted by atomic mass is 10.3. The molecule has 0 unspecified atom stereocenters. The third-order valence-electron chi connectivity index (χ3n) is 3.25. The van der Waals surface area contributed by atoms with Crippen LogP contribution < -0.4 is 0 Å². The number of carbonyl (C=O) groups excluding carboxylic acids is 1. The lowest BCUT2D eigenvalue weighted by Crippen LogP contribution is -2.22. The molecule has 21 heavy (non-hydrogen) atoms. The van der Waals surface area contributed by atoms with E-state index in [9.17, 15) is 4.79 Å². The Morgan fingerprint density at radius 1 is 1.38 bits per heavy atom. The fourth-order valence-electron chi connectivity index (χ4n) is 2.27. The maximum atomic E-state index is 11.3. The van der Waals surface area contributed by atoms with E-state index >= 15 is 0 Å². The molecule has 0 aliphatic carbocycles. The molecule has 0 bridgehead atoms. The fraction of sp³-hybridized carbons (Fsp3) is 0.533. The van der Waals surface area contributed by atoms with Crippen LogP contribution in [-0.4, -0.2) is 45.4 Å². The summed E-state index contributed by atoms with van der Waals surface area (Å²) in [6.07, 6.45) is 2.39. The minimum Gasteiger partial charge on any atom is -0.466 e. The van der Waals surface area contributed by atoms with Crippen LogP contribution in [0.5, 0.6) is 0 Å². The van der Waals surface area contributed by atoms with Gasteiger partial charge in [0.25, 0.3) is 0 Å². The Kier molecular flexibility index (Phi) is 4.90. The number of esters is 1. The monoisotopic (exact) mass is 290 g/mol. The van der Waals surface area contributed by atoms with Gasteiger partial charge in [-0.15, -0.1) is 0 Å². The van der Waals surface area contributed by atoms with E-state index in [1.165, 1.54) is 0 Å². The van der Waals surface area contributed by atoms with Crippen LogP contribution in [0.1, 0.15) is 30.4 Å². The number of hydrogen-bond acceptors (Lipinski definition) is 5. The smallest absolute Gasteiger partial charge is 0.307 e. The molecule has 114 valence electrons. The summed E-state index contributed by atoms with van der Waals surface area (Å²) >= 11 is 0. The molecule has 2 aromatic heterocycles. The number of carbonyl (C=O) groups is 1. The van der Waals surface area contributed by atoms with Crippen molar-refractivity contribution < 1.29 is 9.53 Å². The molecule has 6 nitrogen and oxygen atoms in total. The molecule has 0 aliphatic rings. The second-order valence-electron chi connectivity index (χ2n) is 5.23. The number of fused-ring (bicyclic) bond motifs is 1. The van der Waals surface area contributed by atoms with E-state index in [2.05, 4.69) is 14.9 Å². The van der Waals surface area contributed by atoms with Crippen LogP contribution in [0.25, 0.3) is 5.78 Å². The van der Waals surface area contributed by atoms with Gasteiger partial charge in [-0.3, -0.25) is 14.1 Å². The van der Waals surface area contributed by atoms with E-state index in [0.717, 1.165) is 22.9 Å². The van der Waals surface area contributed by atoms with Crippen molar-refractivity contribution in [3.63, 3.8) is 0 Å². The summed E-state index contributed by atoms with van der Waals surface area (Å²) in [4.78, 5) is 22.4. The molecule has 0 aromatic carbocycles. The van der Waals surface area contributed by atoms with Crippen molar-refractivity contribution in [3.8, 4) is 0 Å². The summed E-state index contributed by atoms with van der Waals surface area (Å²) in [7, 11) is 1.97. The molecule has 2 heterocycles. The van der Waals surface area contributed by atoms with Crippen LogP contribution in [0.15, 0.2) is 12.3 Å². The van der Waals surface area contributed by atoms with Gasteiger partial charge in [-0.05, 0) is 33.9 Å². The van der Waals surface area contributed by atoms with Gasteiger partial charge in [0.15, 0.2) is 0 Å². The summed E-state index contributed by atoms with van der Waals surface area (Å²) < 4.78 is 6.91. The third kappa shape index (κ3) is 4.01. The van der Waals surface area contributed by atoms with Crippen molar-refractivity contribution in [3.05, 3.63) is 29.3 Å². The highest BCUT2D eigenvalue weighted by atomic mass is 16.5. The van der Waals surface area contributed by atoms with Crippen LogP contribution in [0, 0.1) is 13.8 Å². The number of rotatable bonds is 6. The van der Waals surface area contributed by atoms with Crippen LogP contribution in [0.2, 0.25) is 0 Å². The van der Waals surface area contributed by atoms with Crippen LogP contribution >= 0.6 is 0 Å². The summed E-state index contributed by atoms with van der Waals surface area (Å²) in [5.41, 5.74) is 3.03. The Bertz CT molecular complexity index is 636. The van der Waals surface area contributed by atoms with E-state index in [-0.39, 0.29) is 5.97 Å². The first-order chi connectivity index (χ1) is 9.99. The molecule has 6 heteroatoms. The first kappa shape index (κ1) is 15.4. The van der Waals surface area contributed by atoms with Crippen LogP contribution in [0.3, 0.4) is 0 Å². The minimum atomic E-state index is -0.160. The highest BCUT2D eigenvalue weighted by molar-refractivity contribution is 5.69. The quantitative estimate of drug-likeness (QED) is 0.758. The molecule has 0 atom stereocenters. The zero-order valence-electron chi connectivity index (χ0n) is 13.1. The van der Waals surface area contributed by atoms with Crippen molar-refractivity contribution in [2.75, 3.05) is 20.2 Å². The van der Waals surface area contributed by atoms with Gasteiger partial charge in [0.05, 0.1) is 18.7 Å². The van der Waals surface area contributed by atoms with Gasteiger partial charge in [-0.2, -0.15) is 0 Å². The van der Waals surface area contributed by atoms with E-state index in [4.69, 9.17) is 4.74 Å². The highest BCUT2D eigenvalue weighted by Crippen LogP contribution is 2.10. The molecule has 2 aromatic rings. The van der Waals surface area contributed by atoms with Crippen molar-refractivity contribution in [2.45, 2.75) is 33.7 Å². The Labute approximate surface area is 124 Å². The van der Waals surface area contributed by atoms with Crippen molar-refractivity contribution in [1.29, 1.82) is 0 Å². The Balaban J connectivity index is 1.99. The van der Waals surface area contributed by atoms with Crippen molar-refractivity contribution >= 4 is 11.7 Å². The van der Waals surface area contributed by atoms with Crippen LogP contribution in [-0.2, 0) is 16.1 Å². The summed E-state index contributed by atoms with van der Waals surface area (Å²) in [6.45, 7) is 7.58. The normalized spacial score (nSPS) is 11.3. The molecule has 0 saturated carbocycles. The van der Waals surface area contributed by atoms with Gasteiger partial charge in [0.2, 0.25) is 5.78 Å². The van der Waals surface area contributed by atoms with E-state index < -0.39 is 0 Å². The van der Waals surface area contributed by atoms with Gasteiger partial charge in [0.1, 0.15) is 0 Å². The highest BCUT2D eigenvalue weighted by Gasteiger charge is 2.10. The third-order valence-corrected chi connectivity index (χ3v) is 3.25. The van der Waals surface area contributed by atoms with Gasteiger partial charge in [-0.1, -0.05) is 0 Å². The lowest BCUT2D eigenvalue weighted by molar-refractivity contribution is -0.143. The van der Waals surface area contributed by atoms with Gasteiger partial charge < -0.3 is 4.74 Å². The standard InChI is InChI=1S/C15H22N4O2/c1-5-21-14(20)6-7-18(4)9-13-10-19-12(3)8-11(2)16-15(19)17-13/h8,10H,5-7,9H2,1-4H3. The molecule has 0 spiro atoms. The van der Waals surface area contributed by atoms with E-state index in [0.29, 0.717) is 26.1 Å². The molecular weight excluding hydrogens is 268 g/mol. The molecule has 2 rings (SSSR count). The summed E-state index contributed by atoms with van der Waals surface area (Å²) in [6, 6.07) is 2.03. The number of imidazole rings is 1. The molecule has 0 N–H and O–H groups in total. The largest absolute Gasteiger partial charge is 0.466 e. The Morgan fingerprint density at radius 3 is 2.86 bits per heavy atom. The van der Waals surface area contributed by atoms with Gasteiger partial charge in [-0.25, -0.2) is 9.97 Å². The topological polar surface area (TPSA) is 59.7 Å².